The summed E-state index contributed by atoms with van der Waals surface area (Å²) in [5.41, 5.74) is 0.927. The molecule has 0 aromatic carbocycles. The van der Waals surface area contributed by atoms with E-state index in [0.29, 0.717) is 6.54 Å². The van der Waals surface area contributed by atoms with E-state index in [1.165, 1.54) is 6.92 Å². The molecule has 2 atom stereocenters. The highest BCUT2D eigenvalue weighted by Gasteiger charge is 2.39. The number of carbonyl (C=O) groups excluding carboxylic acids is 1. The summed E-state index contributed by atoms with van der Waals surface area (Å²) in [4.78, 5) is 28.0. The van der Waals surface area contributed by atoms with Gasteiger partial charge in [-0.3, -0.25) is 14.6 Å². The van der Waals surface area contributed by atoms with Crippen LogP contribution in [0.1, 0.15) is 18.4 Å². The van der Waals surface area contributed by atoms with Crippen LogP contribution in [0.2, 0.25) is 0 Å². The predicted octanol–water partition coefficient (Wildman–Crippen LogP) is 0.728. The summed E-state index contributed by atoms with van der Waals surface area (Å²) in [6, 6.07) is 3.62. The van der Waals surface area contributed by atoms with Crippen LogP contribution >= 0.6 is 0 Å². The van der Waals surface area contributed by atoms with E-state index in [2.05, 4.69) is 4.98 Å². The van der Waals surface area contributed by atoms with Crippen molar-refractivity contribution in [1.82, 2.24) is 9.88 Å². The van der Waals surface area contributed by atoms with Gasteiger partial charge in [0, 0.05) is 38.3 Å². The molecule has 2 heterocycles. The summed E-state index contributed by atoms with van der Waals surface area (Å²) in [6.07, 6.45) is 3.29. The lowest BCUT2D eigenvalue weighted by Gasteiger charge is -2.14. The second kappa shape index (κ2) is 4.53. The Bertz CT molecular complexity index is 433. The lowest BCUT2D eigenvalue weighted by Crippen LogP contribution is -2.27. The van der Waals surface area contributed by atoms with Crippen LogP contribution in [0.25, 0.3) is 0 Å². The Labute approximate surface area is 99.1 Å². The molecule has 1 aliphatic heterocycles. The molecule has 0 saturated carbocycles. The van der Waals surface area contributed by atoms with Crippen LogP contribution in [0.15, 0.2) is 24.5 Å². The first-order valence-electron chi connectivity index (χ1n) is 5.48. The number of hydrogen-bond acceptors (Lipinski definition) is 3. The maximum absolute atomic E-state index is 11.3. The van der Waals surface area contributed by atoms with Gasteiger partial charge in [0.15, 0.2) is 0 Å². The molecule has 1 aromatic rings. The number of carboxylic acids is 1. The van der Waals surface area contributed by atoms with Gasteiger partial charge in [-0.05, 0) is 17.7 Å². The number of aromatic nitrogens is 1. The lowest BCUT2D eigenvalue weighted by atomic mass is 9.90. The maximum Gasteiger partial charge on any atom is 0.308 e. The molecule has 90 valence electrons. The average Bonchev–Trinajstić information content (AvgIpc) is 2.75. The van der Waals surface area contributed by atoms with Gasteiger partial charge in [-0.25, -0.2) is 0 Å². The highest BCUT2D eigenvalue weighted by Crippen LogP contribution is 2.32. The first kappa shape index (κ1) is 11.6. The van der Waals surface area contributed by atoms with E-state index in [1.807, 2.05) is 12.1 Å². The summed E-state index contributed by atoms with van der Waals surface area (Å²) in [5, 5.41) is 9.19. The Morgan fingerprint density at radius 3 is 2.53 bits per heavy atom. The zero-order valence-electron chi connectivity index (χ0n) is 9.54. The number of nitrogens with zero attached hydrogens (tertiary/aromatic N) is 2. The van der Waals surface area contributed by atoms with Gasteiger partial charge in [0.2, 0.25) is 5.91 Å². The van der Waals surface area contributed by atoms with Gasteiger partial charge < -0.3 is 10.0 Å². The summed E-state index contributed by atoms with van der Waals surface area (Å²) < 4.78 is 0. The van der Waals surface area contributed by atoms with Crippen molar-refractivity contribution in [2.45, 2.75) is 12.8 Å². The number of carboxylic acid groups (broad SMARTS) is 1. The summed E-state index contributed by atoms with van der Waals surface area (Å²) >= 11 is 0. The number of rotatable bonds is 2. The van der Waals surface area contributed by atoms with Gasteiger partial charge in [0.05, 0.1) is 5.92 Å². The van der Waals surface area contributed by atoms with Crippen molar-refractivity contribution in [3.63, 3.8) is 0 Å². The van der Waals surface area contributed by atoms with Gasteiger partial charge in [0.1, 0.15) is 0 Å². The number of pyridine rings is 1. The monoisotopic (exact) mass is 234 g/mol. The third-order valence-corrected chi connectivity index (χ3v) is 3.22. The Hall–Kier alpha value is -1.91. The normalized spacial score (nSPS) is 23.7. The summed E-state index contributed by atoms with van der Waals surface area (Å²) in [5.74, 6) is -1.59. The second-order valence-corrected chi connectivity index (χ2v) is 4.26. The first-order chi connectivity index (χ1) is 8.09. The molecule has 5 nitrogen and oxygen atoms in total. The van der Waals surface area contributed by atoms with E-state index in [-0.39, 0.29) is 18.4 Å². The molecule has 1 aliphatic rings. The molecule has 2 rings (SSSR count). The Kier molecular flexibility index (Phi) is 3.08. The minimum absolute atomic E-state index is 0.0761. The highest BCUT2D eigenvalue weighted by atomic mass is 16.4. The number of carbonyl (C=O) groups is 2. The predicted molar refractivity (Wildman–Crippen MR) is 60.4 cm³/mol. The van der Waals surface area contributed by atoms with Crippen molar-refractivity contribution < 1.29 is 14.7 Å². The van der Waals surface area contributed by atoms with Crippen LogP contribution in [-0.4, -0.2) is 40.0 Å². The molecule has 1 N–H and O–H groups in total. The molecular weight excluding hydrogens is 220 g/mol. The SMILES string of the molecule is CC(=O)N1C[C@H](C(=O)O)[C@@H](c2ccncc2)C1. The molecule has 1 fully saturated rings. The van der Waals surface area contributed by atoms with E-state index in [9.17, 15) is 14.7 Å². The van der Waals surface area contributed by atoms with Crippen molar-refractivity contribution in [3.05, 3.63) is 30.1 Å². The van der Waals surface area contributed by atoms with E-state index in [0.717, 1.165) is 5.56 Å². The minimum atomic E-state index is -0.851. The first-order valence-corrected chi connectivity index (χ1v) is 5.48. The number of likely N-dealkylation sites (tertiary alicyclic amines) is 1. The van der Waals surface area contributed by atoms with Crippen molar-refractivity contribution in [3.8, 4) is 0 Å². The van der Waals surface area contributed by atoms with Gasteiger partial charge in [-0.2, -0.15) is 0 Å². The fraction of sp³-hybridized carbons (Fsp3) is 0.417. The molecule has 0 spiro atoms. The summed E-state index contributed by atoms with van der Waals surface area (Å²) in [6.45, 7) is 2.22. The molecule has 0 bridgehead atoms. The lowest BCUT2D eigenvalue weighted by molar-refractivity contribution is -0.141. The van der Waals surface area contributed by atoms with Crippen molar-refractivity contribution in [2.24, 2.45) is 5.92 Å². The van der Waals surface area contributed by atoms with Gasteiger partial charge >= 0.3 is 5.97 Å². The van der Waals surface area contributed by atoms with Crippen LogP contribution in [0.4, 0.5) is 0 Å². The second-order valence-electron chi connectivity index (χ2n) is 4.26. The van der Waals surface area contributed by atoms with E-state index >= 15 is 0 Å². The Morgan fingerprint density at radius 1 is 1.35 bits per heavy atom. The zero-order valence-corrected chi connectivity index (χ0v) is 9.54. The summed E-state index contributed by atoms with van der Waals surface area (Å²) in [7, 11) is 0. The molecule has 1 amide bonds. The molecule has 1 saturated heterocycles. The minimum Gasteiger partial charge on any atom is -0.481 e. The fourth-order valence-electron chi connectivity index (χ4n) is 2.26. The third kappa shape index (κ3) is 2.27. The number of aliphatic carboxylic acids is 1. The Balaban J connectivity index is 2.26. The van der Waals surface area contributed by atoms with Crippen LogP contribution in [0.5, 0.6) is 0 Å². The van der Waals surface area contributed by atoms with Crippen LogP contribution in [-0.2, 0) is 9.59 Å². The quantitative estimate of drug-likeness (QED) is 0.818. The number of amides is 1. The van der Waals surface area contributed by atoms with Crippen molar-refractivity contribution in [1.29, 1.82) is 0 Å². The molecule has 0 aliphatic carbocycles. The van der Waals surface area contributed by atoms with Crippen molar-refractivity contribution in [2.75, 3.05) is 13.1 Å². The van der Waals surface area contributed by atoms with Crippen molar-refractivity contribution >= 4 is 11.9 Å². The molecular formula is C12H14N2O3. The van der Waals surface area contributed by atoms with Gasteiger partial charge in [-0.15, -0.1) is 0 Å². The fourth-order valence-corrected chi connectivity index (χ4v) is 2.26. The third-order valence-electron chi connectivity index (χ3n) is 3.22. The largest absolute Gasteiger partial charge is 0.481 e. The molecule has 0 radical (unpaired) electrons. The zero-order chi connectivity index (χ0) is 12.4. The standard InChI is InChI=1S/C12H14N2O3/c1-8(15)14-6-10(11(7-14)12(16)17)9-2-4-13-5-3-9/h2-5,10-11H,6-7H2,1H3,(H,16,17)/t10-,11+/m1/s1. The molecule has 0 unspecified atom stereocenters. The maximum atomic E-state index is 11.3. The average molecular weight is 234 g/mol. The smallest absolute Gasteiger partial charge is 0.308 e. The van der Waals surface area contributed by atoms with Crippen LogP contribution in [0.3, 0.4) is 0 Å². The molecule has 5 heteroatoms. The molecule has 17 heavy (non-hydrogen) atoms. The van der Waals surface area contributed by atoms with E-state index < -0.39 is 11.9 Å². The van der Waals surface area contributed by atoms with E-state index in [1.54, 1.807) is 17.3 Å². The van der Waals surface area contributed by atoms with Gasteiger partial charge in [0.25, 0.3) is 0 Å². The molecule has 1 aromatic heterocycles. The topological polar surface area (TPSA) is 70.5 Å². The van der Waals surface area contributed by atoms with Crippen LogP contribution < -0.4 is 0 Å². The van der Waals surface area contributed by atoms with Gasteiger partial charge in [-0.1, -0.05) is 0 Å². The number of hydrogen-bond donors (Lipinski definition) is 1. The van der Waals surface area contributed by atoms with E-state index in [4.69, 9.17) is 0 Å². The highest BCUT2D eigenvalue weighted by molar-refractivity contribution is 5.77. The Morgan fingerprint density at radius 2 is 2.00 bits per heavy atom. The van der Waals surface area contributed by atoms with Crippen LogP contribution in [0, 0.1) is 5.92 Å².